The number of hydrogen-bond acceptors (Lipinski definition) is 4. The first-order chi connectivity index (χ1) is 11.6. The number of rotatable bonds is 5. The lowest BCUT2D eigenvalue weighted by Crippen LogP contribution is -2.30. The molecule has 2 atom stereocenters. The summed E-state index contributed by atoms with van der Waals surface area (Å²) in [6, 6.07) is 16.0. The van der Waals surface area contributed by atoms with Gasteiger partial charge in [0.05, 0.1) is 11.0 Å². The van der Waals surface area contributed by atoms with Crippen LogP contribution in [0, 0.1) is 16.0 Å². The minimum absolute atomic E-state index is 0.0515. The molecule has 0 amide bonds. The fourth-order valence-corrected chi connectivity index (χ4v) is 3.32. The largest absolute Gasteiger partial charge is 0.378 e. The number of benzene rings is 2. The first-order valence-corrected chi connectivity index (χ1v) is 8.24. The molecule has 1 saturated carbocycles. The van der Waals surface area contributed by atoms with Crippen LogP contribution >= 0.6 is 0 Å². The van der Waals surface area contributed by atoms with Crippen LogP contribution < -0.4 is 5.32 Å². The molecule has 2 aromatic carbocycles. The summed E-state index contributed by atoms with van der Waals surface area (Å²) in [5.41, 5.74) is 1.75. The molecule has 0 aliphatic heterocycles. The third kappa shape index (κ3) is 3.62. The molecular formula is C19H20N2O3. The predicted octanol–water partition coefficient (Wildman–Crippen LogP) is 4.51. The molecular weight excluding hydrogens is 304 g/mol. The maximum Gasteiger partial charge on any atom is 0.269 e. The monoisotopic (exact) mass is 324 g/mol. The Hall–Kier alpha value is -2.69. The summed E-state index contributed by atoms with van der Waals surface area (Å²) in [6.07, 6.45) is 3.35. The second-order valence-corrected chi connectivity index (χ2v) is 6.16. The highest BCUT2D eigenvalue weighted by atomic mass is 16.6. The molecule has 0 aromatic heterocycles. The fraction of sp³-hybridized carbons (Fsp3) is 0.316. The lowest BCUT2D eigenvalue weighted by molar-refractivity contribution is -0.384. The fourth-order valence-electron chi connectivity index (χ4n) is 3.32. The summed E-state index contributed by atoms with van der Waals surface area (Å²) in [7, 11) is 0. The van der Waals surface area contributed by atoms with Crippen LogP contribution in [0.4, 0.5) is 11.4 Å². The van der Waals surface area contributed by atoms with Gasteiger partial charge in [0.25, 0.3) is 5.69 Å². The standard InChI is InChI=1S/C19H20N2O3/c22-18-12-5-4-11-17(18)19(20-15-8-2-1-3-9-15)14-7-6-10-16(13-14)21(23)24/h1-3,6-10,13,17,19-20H,4-5,11-12H2/t17-,19+/m0/s1. The van der Waals surface area contributed by atoms with Crippen LogP contribution in [-0.2, 0) is 4.79 Å². The number of nitro benzene ring substituents is 1. The summed E-state index contributed by atoms with van der Waals surface area (Å²) in [5, 5.41) is 14.5. The van der Waals surface area contributed by atoms with E-state index in [1.807, 2.05) is 36.4 Å². The molecule has 0 bridgehead atoms. The van der Waals surface area contributed by atoms with Gasteiger partial charge in [0.1, 0.15) is 5.78 Å². The number of nitrogens with zero attached hydrogens (tertiary/aromatic N) is 1. The average Bonchev–Trinajstić information content (AvgIpc) is 2.61. The molecule has 5 nitrogen and oxygen atoms in total. The van der Waals surface area contributed by atoms with Crippen molar-refractivity contribution < 1.29 is 9.72 Å². The Morgan fingerprint density at radius 2 is 1.88 bits per heavy atom. The van der Waals surface area contributed by atoms with E-state index in [4.69, 9.17) is 0 Å². The average molecular weight is 324 g/mol. The number of hydrogen-bond donors (Lipinski definition) is 1. The van der Waals surface area contributed by atoms with Crippen molar-refractivity contribution >= 4 is 17.2 Å². The van der Waals surface area contributed by atoms with Gasteiger partial charge in [-0.05, 0) is 30.5 Å². The molecule has 0 unspecified atom stereocenters. The van der Waals surface area contributed by atoms with E-state index in [1.165, 1.54) is 6.07 Å². The van der Waals surface area contributed by atoms with Gasteiger partial charge >= 0.3 is 0 Å². The number of nitro groups is 1. The summed E-state index contributed by atoms with van der Waals surface area (Å²) in [5.74, 6) is 0.0853. The SMILES string of the molecule is O=C1CCCC[C@@H]1[C@H](Nc1ccccc1)c1cccc([N+](=O)[O-])c1. The number of nitrogens with one attached hydrogen (secondary N) is 1. The number of para-hydroxylation sites is 1. The molecule has 3 rings (SSSR count). The Labute approximate surface area is 140 Å². The molecule has 0 radical (unpaired) electrons. The molecule has 5 heteroatoms. The van der Waals surface area contributed by atoms with Crippen molar-refractivity contribution in [3.05, 3.63) is 70.3 Å². The van der Waals surface area contributed by atoms with Gasteiger partial charge in [-0.3, -0.25) is 14.9 Å². The topological polar surface area (TPSA) is 72.2 Å². The van der Waals surface area contributed by atoms with Crippen molar-refractivity contribution in [2.75, 3.05) is 5.32 Å². The summed E-state index contributed by atoms with van der Waals surface area (Å²) < 4.78 is 0. The van der Waals surface area contributed by atoms with Gasteiger partial charge < -0.3 is 5.32 Å². The zero-order valence-electron chi connectivity index (χ0n) is 13.4. The zero-order valence-corrected chi connectivity index (χ0v) is 13.4. The van der Waals surface area contributed by atoms with E-state index in [2.05, 4.69) is 5.32 Å². The maximum atomic E-state index is 12.4. The van der Waals surface area contributed by atoms with Crippen LogP contribution in [0.1, 0.15) is 37.3 Å². The Morgan fingerprint density at radius 3 is 2.58 bits per heavy atom. The van der Waals surface area contributed by atoms with Crippen molar-refractivity contribution in [3.63, 3.8) is 0 Å². The molecule has 0 spiro atoms. The van der Waals surface area contributed by atoms with Crippen molar-refractivity contribution in [2.45, 2.75) is 31.7 Å². The van der Waals surface area contributed by atoms with Crippen molar-refractivity contribution in [3.8, 4) is 0 Å². The summed E-state index contributed by atoms with van der Waals surface area (Å²) >= 11 is 0. The lowest BCUT2D eigenvalue weighted by Gasteiger charge is -2.31. The minimum atomic E-state index is -0.397. The molecule has 1 N–H and O–H groups in total. The molecule has 1 aliphatic rings. The van der Waals surface area contributed by atoms with Crippen molar-refractivity contribution in [1.29, 1.82) is 0 Å². The Balaban J connectivity index is 1.96. The van der Waals surface area contributed by atoms with Crippen LogP contribution in [0.3, 0.4) is 0 Å². The van der Waals surface area contributed by atoms with Crippen LogP contribution in [0.5, 0.6) is 0 Å². The lowest BCUT2D eigenvalue weighted by atomic mass is 9.80. The summed E-state index contributed by atoms with van der Waals surface area (Å²) in [4.78, 5) is 23.1. The van der Waals surface area contributed by atoms with Crippen LogP contribution in [0.25, 0.3) is 0 Å². The van der Waals surface area contributed by atoms with Gasteiger partial charge in [0.2, 0.25) is 0 Å². The third-order valence-corrected chi connectivity index (χ3v) is 4.54. The number of carbonyl (C=O) groups excluding carboxylic acids is 1. The van der Waals surface area contributed by atoms with E-state index < -0.39 is 4.92 Å². The highest BCUT2D eigenvalue weighted by molar-refractivity contribution is 5.83. The second kappa shape index (κ2) is 7.25. The summed E-state index contributed by atoms with van der Waals surface area (Å²) in [6.45, 7) is 0. The minimum Gasteiger partial charge on any atom is -0.378 e. The molecule has 1 fully saturated rings. The van der Waals surface area contributed by atoms with E-state index >= 15 is 0 Å². The van der Waals surface area contributed by atoms with E-state index in [-0.39, 0.29) is 23.4 Å². The highest BCUT2D eigenvalue weighted by Crippen LogP contribution is 2.35. The van der Waals surface area contributed by atoms with Crippen molar-refractivity contribution in [1.82, 2.24) is 0 Å². The quantitative estimate of drug-likeness (QED) is 0.649. The molecule has 0 saturated heterocycles. The zero-order chi connectivity index (χ0) is 16.9. The number of non-ortho nitro benzene ring substituents is 1. The van der Waals surface area contributed by atoms with E-state index in [0.29, 0.717) is 6.42 Å². The van der Waals surface area contributed by atoms with Gasteiger partial charge in [0, 0.05) is 30.2 Å². The number of anilines is 1. The van der Waals surface area contributed by atoms with Crippen LogP contribution in [0.15, 0.2) is 54.6 Å². The highest BCUT2D eigenvalue weighted by Gasteiger charge is 2.32. The first-order valence-electron chi connectivity index (χ1n) is 8.24. The van der Waals surface area contributed by atoms with E-state index in [1.54, 1.807) is 12.1 Å². The Morgan fingerprint density at radius 1 is 1.08 bits per heavy atom. The first kappa shape index (κ1) is 16.2. The van der Waals surface area contributed by atoms with Gasteiger partial charge in [-0.1, -0.05) is 36.8 Å². The second-order valence-electron chi connectivity index (χ2n) is 6.16. The maximum absolute atomic E-state index is 12.4. The molecule has 0 heterocycles. The molecule has 124 valence electrons. The van der Waals surface area contributed by atoms with Crippen molar-refractivity contribution in [2.24, 2.45) is 5.92 Å². The van der Waals surface area contributed by atoms with Crippen LogP contribution in [-0.4, -0.2) is 10.7 Å². The Kier molecular flexibility index (Phi) is 4.89. The molecule has 2 aromatic rings. The van der Waals surface area contributed by atoms with E-state index in [0.717, 1.165) is 30.5 Å². The molecule has 24 heavy (non-hydrogen) atoms. The normalized spacial score (nSPS) is 18.8. The third-order valence-electron chi connectivity index (χ3n) is 4.54. The van der Waals surface area contributed by atoms with Gasteiger partial charge in [0.15, 0.2) is 0 Å². The number of carbonyl (C=O) groups is 1. The molecule has 1 aliphatic carbocycles. The van der Waals surface area contributed by atoms with Crippen LogP contribution in [0.2, 0.25) is 0 Å². The predicted molar refractivity (Wildman–Crippen MR) is 92.9 cm³/mol. The van der Waals surface area contributed by atoms with Gasteiger partial charge in [-0.25, -0.2) is 0 Å². The smallest absolute Gasteiger partial charge is 0.269 e. The number of ketones is 1. The van der Waals surface area contributed by atoms with E-state index in [9.17, 15) is 14.9 Å². The Bertz CT molecular complexity index is 730. The number of Topliss-reactive ketones (excluding diaryl/α,β-unsaturated/α-hetero) is 1. The van der Waals surface area contributed by atoms with Gasteiger partial charge in [-0.15, -0.1) is 0 Å². The van der Waals surface area contributed by atoms with Gasteiger partial charge in [-0.2, -0.15) is 0 Å².